The van der Waals surface area contributed by atoms with Gasteiger partial charge in [-0.3, -0.25) is 15.1 Å². The monoisotopic (exact) mass is 252 g/mol. The van der Waals surface area contributed by atoms with Gasteiger partial charge in [-0.15, -0.1) is 13.2 Å². The van der Waals surface area contributed by atoms with Crippen LogP contribution in [0.4, 0.5) is 24.5 Å². The van der Waals surface area contributed by atoms with Crippen LogP contribution in [-0.4, -0.2) is 16.3 Å². The fraction of sp³-hybridized carbons (Fsp3) is 0.286. The van der Waals surface area contributed by atoms with Gasteiger partial charge in [-0.25, -0.2) is 0 Å². The summed E-state index contributed by atoms with van der Waals surface area (Å²) in [5.74, 6) is -1.10. The van der Waals surface area contributed by atoms with Gasteiger partial charge in [0.05, 0.1) is 11.1 Å². The highest BCUT2D eigenvalue weighted by molar-refractivity contribution is 5.64. The minimum atomic E-state index is -5.09. The summed E-state index contributed by atoms with van der Waals surface area (Å²) in [6, 6.07) is 0. The molecule has 1 aromatic rings. The molecule has 0 aromatic carbocycles. The molecule has 4 N–H and O–H groups in total. The van der Waals surface area contributed by atoms with Crippen LogP contribution in [-0.2, 0) is 6.54 Å². The van der Waals surface area contributed by atoms with Crippen molar-refractivity contribution in [2.24, 2.45) is 5.73 Å². The summed E-state index contributed by atoms with van der Waals surface area (Å²) in [6.45, 7) is -0.412. The highest BCUT2D eigenvalue weighted by Gasteiger charge is 2.37. The van der Waals surface area contributed by atoms with Gasteiger partial charge in [-0.1, -0.05) is 0 Å². The van der Waals surface area contributed by atoms with Crippen LogP contribution < -0.4 is 16.2 Å². The van der Waals surface area contributed by atoms with E-state index in [2.05, 4.69) is 9.72 Å². The summed E-state index contributed by atoms with van der Waals surface area (Å²) < 4.78 is 39.7. The Balaban J connectivity index is 3.39. The fourth-order valence-electron chi connectivity index (χ4n) is 1.10. The second-order valence-electron chi connectivity index (χ2n) is 2.85. The van der Waals surface area contributed by atoms with Crippen molar-refractivity contribution in [3.63, 3.8) is 0 Å². The van der Waals surface area contributed by atoms with Crippen LogP contribution in [0.5, 0.6) is 5.75 Å². The number of halogens is 3. The lowest BCUT2D eigenvalue weighted by Crippen LogP contribution is -2.20. The number of rotatable bonds is 3. The van der Waals surface area contributed by atoms with E-state index in [1.807, 2.05) is 0 Å². The summed E-state index contributed by atoms with van der Waals surface area (Å²) in [7, 11) is 0. The molecule has 0 fully saturated rings. The fourth-order valence-corrected chi connectivity index (χ4v) is 1.10. The SMILES string of the molecule is NCc1ncc(N)c(OC(F)(F)F)c1[N+](=O)[O-]. The molecule has 0 spiro atoms. The number of nitrogens with two attached hydrogens (primary N) is 2. The third-order valence-electron chi connectivity index (χ3n) is 1.70. The number of hydrogen-bond donors (Lipinski definition) is 2. The van der Waals surface area contributed by atoms with Crippen LogP contribution in [0.15, 0.2) is 6.20 Å². The van der Waals surface area contributed by atoms with Crippen LogP contribution in [0.2, 0.25) is 0 Å². The molecule has 0 aliphatic rings. The largest absolute Gasteiger partial charge is 0.573 e. The van der Waals surface area contributed by atoms with Crippen molar-refractivity contribution < 1.29 is 22.8 Å². The highest BCUT2D eigenvalue weighted by Crippen LogP contribution is 2.38. The number of anilines is 1. The van der Waals surface area contributed by atoms with Crippen LogP contribution in [0.1, 0.15) is 5.69 Å². The van der Waals surface area contributed by atoms with Gasteiger partial charge in [0.1, 0.15) is 11.4 Å². The number of nitro groups is 1. The third-order valence-corrected chi connectivity index (χ3v) is 1.70. The Morgan fingerprint density at radius 2 is 2.12 bits per heavy atom. The number of nitrogen functional groups attached to an aromatic ring is 1. The Morgan fingerprint density at radius 1 is 1.53 bits per heavy atom. The van der Waals surface area contributed by atoms with E-state index in [0.717, 1.165) is 6.20 Å². The van der Waals surface area contributed by atoms with E-state index in [9.17, 15) is 23.3 Å². The summed E-state index contributed by atoms with van der Waals surface area (Å²) >= 11 is 0. The summed E-state index contributed by atoms with van der Waals surface area (Å²) in [5, 5.41) is 10.6. The number of pyridine rings is 1. The van der Waals surface area contributed by atoms with Crippen LogP contribution in [0, 0.1) is 10.1 Å². The number of hydrogen-bond acceptors (Lipinski definition) is 6. The van der Waals surface area contributed by atoms with E-state index in [1.54, 1.807) is 0 Å². The van der Waals surface area contributed by atoms with Crippen molar-refractivity contribution in [3.8, 4) is 5.75 Å². The molecular weight excluding hydrogens is 245 g/mol. The van der Waals surface area contributed by atoms with Gasteiger partial charge in [-0.05, 0) is 0 Å². The first kappa shape index (κ1) is 13.0. The Kier molecular flexibility index (Phi) is 3.36. The van der Waals surface area contributed by atoms with Crippen molar-refractivity contribution in [1.29, 1.82) is 0 Å². The molecule has 1 aromatic heterocycles. The highest BCUT2D eigenvalue weighted by atomic mass is 19.4. The smallest absolute Gasteiger partial charge is 0.396 e. The van der Waals surface area contributed by atoms with Crippen LogP contribution in [0.25, 0.3) is 0 Å². The Hall–Kier alpha value is -2.10. The number of nitrogens with zero attached hydrogens (tertiary/aromatic N) is 2. The second kappa shape index (κ2) is 4.41. The lowest BCUT2D eigenvalue weighted by atomic mass is 10.2. The van der Waals surface area contributed by atoms with Gasteiger partial charge >= 0.3 is 12.0 Å². The van der Waals surface area contributed by atoms with Crippen molar-refractivity contribution >= 4 is 11.4 Å². The minimum Gasteiger partial charge on any atom is -0.396 e. The maximum Gasteiger partial charge on any atom is 0.573 e. The zero-order valence-electron chi connectivity index (χ0n) is 8.19. The molecule has 0 unspecified atom stereocenters. The van der Waals surface area contributed by atoms with Gasteiger partial charge in [0.2, 0.25) is 5.75 Å². The van der Waals surface area contributed by atoms with Crippen LogP contribution in [0.3, 0.4) is 0 Å². The van der Waals surface area contributed by atoms with Gasteiger partial charge in [0.15, 0.2) is 0 Å². The zero-order chi connectivity index (χ0) is 13.2. The van der Waals surface area contributed by atoms with Gasteiger partial charge < -0.3 is 16.2 Å². The average molecular weight is 252 g/mol. The lowest BCUT2D eigenvalue weighted by molar-refractivity contribution is -0.389. The third kappa shape index (κ3) is 2.93. The molecule has 0 saturated carbocycles. The summed E-state index contributed by atoms with van der Waals surface area (Å²) in [4.78, 5) is 13.0. The Labute approximate surface area is 92.3 Å². The molecule has 0 aliphatic carbocycles. The minimum absolute atomic E-state index is 0.344. The molecule has 0 radical (unpaired) electrons. The number of aromatic nitrogens is 1. The molecule has 0 bridgehead atoms. The summed E-state index contributed by atoms with van der Waals surface area (Å²) in [6.07, 6.45) is -4.28. The molecule has 0 saturated heterocycles. The van der Waals surface area contributed by atoms with E-state index < -0.39 is 35.0 Å². The Bertz CT molecular complexity index is 449. The maximum absolute atomic E-state index is 12.0. The van der Waals surface area contributed by atoms with Crippen molar-refractivity contribution in [1.82, 2.24) is 4.98 Å². The van der Waals surface area contributed by atoms with Gasteiger partial charge in [-0.2, -0.15) is 0 Å². The van der Waals surface area contributed by atoms with E-state index in [1.165, 1.54) is 0 Å². The lowest BCUT2D eigenvalue weighted by Gasteiger charge is -2.12. The van der Waals surface area contributed by atoms with Crippen molar-refractivity contribution in [2.75, 3.05) is 5.73 Å². The van der Waals surface area contributed by atoms with Crippen LogP contribution >= 0.6 is 0 Å². The molecule has 7 nitrogen and oxygen atoms in total. The quantitative estimate of drug-likeness (QED) is 0.610. The second-order valence-corrected chi connectivity index (χ2v) is 2.85. The maximum atomic E-state index is 12.0. The Morgan fingerprint density at radius 3 is 2.53 bits per heavy atom. The number of alkyl halides is 3. The predicted molar refractivity (Wildman–Crippen MR) is 49.9 cm³/mol. The molecular formula is C7H7F3N4O3. The summed E-state index contributed by atoms with van der Waals surface area (Å²) in [5.41, 5.74) is 8.37. The first-order chi connectivity index (χ1) is 7.76. The molecule has 10 heteroatoms. The van der Waals surface area contributed by atoms with E-state index in [0.29, 0.717) is 0 Å². The predicted octanol–water partition coefficient (Wildman–Crippen LogP) is 0.929. The molecule has 1 rings (SSSR count). The molecule has 0 aliphatic heterocycles. The number of ether oxygens (including phenoxy) is 1. The molecule has 0 atom stereocenters. The molecule has 0 amide bonds. The van der Waals surface area contributed by atoms with Crippen molar-refractivity contribution in [3.05, 3.63) is 22.0 Å². The molecule has 17 heavy (non-hydrogen) atoms. The topological polar surface area (TPSA) is 117 Å². The molecule has 94 valence electrons. The van der Waals surface area contributed by atoms with Gasteiger partial charge in [0.25, 0.3) is 0 Å². The van der Waals surface area contributed by atoms with E-state index in [-0.39, 0.29) is 5.69 Å². The average Bonchev–Trinajstić information content (AvgIpc) is 2.18. The standard InChI is InChI=1S/C7H7F3N4O3/c8-7(9,10)17-6-3(12)2-13-4(1-11)5(6)14(15)16/h2H,1,11-12H2. The normalized spacial score (nSPS) is 11.3. The first-order valence-electron chi connectivity index (χ1n) is 4.13. The zero-order valence-corrected chi connectivity index (χ0v) is 8.19. The first-order valence-corrected chi connectivity index (χ1v) is 4.13. The van der Waals surface area contributed by atoms with Crippen molar-refractivity contribution in [2.45, 2.75) is 12.9 Å². The van der Waals surface area contributed by atoms with Gasteiger partial charge in [0, 0.05) is 6.54 Å². The molecule has 1 heterocycles. The van der Waals surface area contributed by atoms with E-state index >= 15 is 0 Å². The van der Waals surface area contributed by atoms with E-state index in [4.69, 9.17) is 11.5 Å².